The zero-order valence-electron chi connectivity index (χ0n) is 8.71. The number of nitrogens with zero attached hydrogens (tertiary/aromatic N) is 3. The number of aromatic nitrogens is 3. The fraction of sp³-hybridized carbons (Fsp3) is 0. The molecule has 5 heteroatoms. The summed E-state index contributed by atoms with van der Waals surface area (Å²) in [5, 5.41) is 18.8. The van der Waals surface area contributed by atoms with Crippen LogP contribution in [0, 0.1) is 0 Å². The molecule has 0 amide bonds. The minimum atomic E-state index is 0.129. The van der Waals surface area contributed by atoms with Crippen LogP contribution < -0.4 is 0 Å². The van der Waals surface area contributed by atoms with Crippen LogP contribution in [0.5, 0.6) is 5.75 Å². The van der Waals surface area contributed by atoms with Gasteiger partial charge in [-0.1, -0.05) is 29.8 Å². The Labute approximate surface area is 102 Å². The Balaban J connectivity index is 2.26. The van der Waals surface area contributed by atoms with Gasteiger partial charge in [0.2, 0.25) is 0 Å². The van der Waals surface area contributed by atoms with Crippen molar-refractivity contribution in [2.24, 2.45) is 0 Å². The van der Waals surface area contributed by atoms with Crippen molar-refractivity contribution >= 4 is 22.6 Å². The summed E-state index contributed by atoms with van der Waals surface area (Å²) in [6.45, 7) is 0. The van der Waals surface area contributed by atoms with Gasteiger partial charge in [-0.15, -0.1) is 15.0 Å². The lowest BCUT2D eigenvalue weighted by Crippen LogP contribution is -1.98. The minimum absolute atomic E-state index is 0.129. The third-order valence-corrected chi connectivity index (χ3v) is 2.76. The molecule has 0 bridgehead atoms. The lowest BCUT2D eigenvalue weighted by atomic mass is 10.3. The van der Waals surface area contributed by atoms with Gasteiger partial charge in [-0.3, -0.25) is 0 Å². The highest BCUT2D eigenvalue weighted by atomic mass is 35.5. The van der Waals surface area contributed by atoms with Crippen LogP contribution in [-0.4, -0.2) is 20.1 Å². The summed E-state index contributed by atoms with van der Waals surface area (Å²) in [7, 11) is 0. The summed E-state index contributed by atoms with van der Waals surface area (Å²) < 4.78 is 0. The first-order valence-electron chi connectivity index (χ1n) is 5.05. The van der Waals surface area contributed by atoms with Crippen molar-refractivity contribution in [2.75, 3.05) is 0 Å². The van der Waals surface area contributed by atoms with E-state index in [0.717, 1.165) is 0 Å². The first kappa shape index (κ1) is 10.1. The number of phenols is 1. The van der Waals surface area contributed by atoms with Gasteiger partial charge in [-0.05, 0) is 24.3 Å². The molecule has 0 fully saturated rings. The summed E-state index contributed by atoms with van der Waals surface area (Å²) in [5.74, 6) is 0.129. The fourth-order valence-electron chi connectivity index (χ4n) is 1.64. The van der Waals surface area contributed by atoms with E-state index in [-0.39, 0.29) is 5.75 Å². The fourth-order valence-corrected chi connectivity index (χ4v) is 1.85. The van der Waals surface area contributed by atoms with Crippen LogP contribution in [0.4, 0.5) is 0 Å². The Hall–Kier alpha value is -2.07. The smallest absolute Gasteiger partial charge is 0.143 e. The molecule has 4 nitrogen and oxygen atoms in total. The minimum Gasteiger partial charge on any atom is -0.506 e. The number of fused-ring (bicyclic) bond motifs is 1. The lowest BCUT2D eigenvalue weighted by molar-refractivity contribution is 0.468. The summed E-state index contributed by atoms with van der Waals surface area (Å²) in [6.07, 6.45) is 0. The Morgan fingerprint density at radius 3 is 2.59 bits per heavy atom. The number of rotatable bonds is 1. The van der Waals surface area contributed by atoms with Gasteiger partial charge < -0.3 is 5.11 Å². The SMILES string of the molecule is Oc1ccccc1-n1nc2cccc(Cl)c2n1. The van der Waals surface area contributed by atoms with Crippen molar-refractivity contribution in [1.82, 2.24) is 15.0 Å². The van der Waals surface area contributed by atoms with Crippen LogP contribution in [0.3, 0.4) is 0 Å². The van der Waals surface area contributed by atoms with E-state index in [0.29, 0.717) is 21.7 Å². The third kappa shape index (κ3) is 1.62. The van der Waals surface area contributed by atoms with Gasteiger partial charge in [-0.2, -0.15) is 0 Å². The summed E-state index contributed by atoms with van der Waals surface area (Å²) in [4.78, 5) is 1.38. The van der Waals surface area contributed by atoms with Crippen molar-refractivity contribution < 1.29 is 5.11 Å². The highest BCUT2D eigenvalue weighted by molar-refractivity contribution is 6.34. The standard InChI is InChI=1S/C12H8ClN3O/c13-8-4-3-5-9-12(8)15-16(14-9)10-6-1-2-7-11(10)17/h1-7,17H. The molecule has 0 aliphatic rings. The lowest BCUT2D eigenvalue weighted by Gasteiger charge is -2.00. The molecule has 1 aromatic heterocycles. The van der Waals surface area contributed by atoms with E-state index < -0.39 is 0 Å². The summed E-state index contributed by atoms with van der Waals surface area (Å²) in [6, 6.07) is 12.3. The molecule has 2 aromatic carbocycles. The first-order chi connectivity index (χ1) is 8.25. The Morgan fingerprint density at radius 2 is 1.82 bits per heavy atom. The van der Waals surface area contributed by atoms with Crippen molar-refractivity contribution in [3.63, 3.8) is 0 Å². The predicted molar refractivity (Wildman–Crippen MR) is 65.5 cm³/mol. The quantitative estimate of drug-likeness (QED) is 0.717. The van der Waals surface area contributed by atoms with E-state index in [1.54, 1.807) is 24.3 Å². The van der Waals surface area contributed by atoms with Crippen LogP contribution in [0.25, 0.3) is 16.7 Å². The van der Waals surface area contributed by atoms with Crippen LogP contribution >= 0.6 is 11.6 Å². The van der Waals surface area contributed by atoms with Gasteiger partial charge in [0.15, 0.2) is 0 Å². The van der Waals surface area contributed by atoms with Crippen molar-refractivity contribution in [1.29, 1.82) is 0 Å². The zero-order valence-corrected chi connectivity index (χ0v) is 9.46. The molecule has 0 aliphatic carbocycles. The van der Waals surface area contributed by atoms with Crippen molar-refractivity contribution in [3.8, 4) is 11.4 Å². The maximum Gasteiger partial charge on any atom is 0.143 e. The largest absolute Gasteiger partial charge is 0.506 e. The molecule has 0 saturated carbocycles. The Bertz CT molecular complexity index is 693. The van der Waals surface area contributed by atoms with Crippen LogP contribution in [-0.2, 0) is 0 Å². The molecule has 0 spiro atoms. The molecule has 84 valence electrons. The van der Waals surface area contributed by atoms with Crippen LogP contribution in [0.15, 0.2) is 42.5 Å². The van der Waals surface area contributed by atoms with E-state index in [2.05, 4.69) is 10.2 Å². The topological polar surface area (TPSA) is 50.9 Å². The molecule has 1 heterocycles. The molecule has 17 heavy (non-hydrogen) atoms. The molecule has 0 aliphatic heterocycles. The number of benzene rings is 2. The zero-order chi connectivity index (χ0) is 11.8. The molecule has 0 radical (unpaired) electrons. The first-order valence-corrected chi connectivity index (χ1v) is 5.43. The number of halogens is 1. The molecule has 3 rings (SSSR count). The van der Waals surface area contributed by atoms with Crippen molar-refractivity contribution in [2.45, 2.75) is 0 Å². The van der Waals surface area contributed by atoms with E-state index >= 15 is 0 Å². The average Bonchev–Trinajstić information content (AvgIpc) is 2.75. The number of phenolic OH excluding ortho intramolecular Hbond substituents is 1. The van der Waals surface area contributed by atoms with E-state index in [4.69, 9.17) is 11.6 Å². The average molecular weight is 246 g/mol. The number of para-hydroxylation sites is 2. The van der Waals surface area contributed by atoms with Gasteiger partial charge in [-0.25, -0.2) is 0 Å². The molecular weight excluding hydrogens is 238 g/mol. The van der Waals surface area contributed by atoms with Crippen molar-refractivity contribution in [3.05, 3.63) is 47.5 Å². The Kier molecular flexibility index (Phi) is 2.23. The number of aromatic hydroxyl groups is 1. The van der Waals surface area contributed by atoms with Gasteiger partial charge in [0.1, 0.15) is 22.5 Å². The molecular formula is C12H8ClN3O. The second-order valence-corrected chi connectivity index (χ2v) is 3.99. The highest BCUT2D eigenvalue weighted by Crippen LogP contribution is 2.23. The molecule has 3 aromatic rings. The second-order valence-electron chi connectivity index (χ2n) is 3.59. The highest BCUT2D eigenvalue weighted by Gasteiger charge is 2.09. The molecule has 0 saturated heterocycles. The monoisotopic (exact) mass is 245 g/mol. The maximum absolute atomic E-state index is 9.72. The molecule has 1 N–H and O–H groups in total. The van der Waals surface area contributed by atoms with Gasteiger partial charge in [0, 0.05) is 0 Å². The van der Waals surface area contributed by atoms with Crippen LogP contribution in [0.1, 0.15) is 0 Å². The van der Waals surface area contributed by atoms with E-state index in [1.165, 1.54) is 4.80 Å². The van der Waals surface area contributed by atoms with Gasteiger partial charge in [0.05, 0.1) is 5.02 Å². The van der Waals surface area contributed by atoms with E-state index in [1.807, 2.05) is 18.2 Å². The van der Waals surface area contributed by atoms with Gasteiger partial charge in [0.25, 0.3) is 0 Å². The molecule has 0 atom stereocenters. The third-order valence-electron chi connectivity index (χ3n) is 2.46. The summed E-state index contributed by atoms with van der Waals surface area (Å²) >= 11 is 6.02. The van der Waals surface area contributed by atoms with E-state index in [9.17, 15) is 5.11 Å². The van der Waals surface area contributed by atoms with Crippen LogP contribution in [0.2, 0.25) is 5.02 Å². The molecule has 0 unspecified atom stereocenters. The van der Waals surface area contributed by atoms with Gasteiger partial charge >= 0.3 is 0 Å². The summed E-state index contributed by atoms with van der Waals surface area (Å²) in [5.41, 5.74) is 1.85. The predicted octanol–water partition coefficient (Wildman–Crippen LogP) is 2.78. The number of hydrogen-bond acceptors (Lipinski definition) is 3. The number of hydrogen-bond donors (Lipinski definition) is 1. The Morgan fingerprint density at radius 1 is 1.00 bits per heavy atom. The maximum atomic E-state index is 9.72. The normalized spacial score (nSPS) is 10.9. The second kappa shape index (κ2) is 3.75.